The average molecular weight is 478 g/mol. The molecule has 10 nitrogen and oxygen atoms in total. The number of esters is 2. The molecule has 178 valence electrons. The number of sulfonamides is 1. The van der Waals surface area contributed by atoms with Gasteiger partial charge in [-0.25, -0.2) is 18.2 Å². The maximum absolute atomic E-state index is 12.8. The van der Waals surface area contributed by atoms with Crippen molar-refractivity contribution in [2.24, 2.45) is 7.05 Å². The third-order valence-corrected chi connectivity index (χ3v) is 7.31. The van der Waals surface area contributed by atoms with Crippen molar-refractivity contribution in [1.29, 1.82) is 0 Å². The number of methoxy groups -OCH3 is 1. The van der Waals surface area contributed by atoms with E-state index in [2.05, 4.69) is 9.72 Å². The Morgan fingerprint density at radius 2 is 1.88 bits per heavy atom. The van der Waals surface area contributed by atoms with Gasteiger partial charge in [-0.2, -0.15) is 4.31 Å². The molecule has 0 amide bonds. The summed E-state index contributed by atoms with van der Waals surface area (Å²) in [5, 5.41) is 0. The van der Waals surface area contributed by atoms with Gasteiger partial charge in [0.15, 0.2) is 0 Å². The number of aromatic nitrogens is 2. The largest absolute Gasteiger partial charge is 0.463 e. The van der Waals surface area contributed by atoms with Crippen LogP contribution in [0, 0.1) is 0 Å². The number of imidazole rings is 1. The van der Waals surface area contributed by atoms with Gasteiger partial charge in [0.25, 0.3) is 0 Å². The number of ether oxygens (including phenoxy) is 2. The zero-order valence-corrected chi connectivity index (χ0v) is 19.8. The predicted octanol–water partition coefficient (Wildman–Crippen LogP) is 2.66. The first-order valence-electron chi connectivity index (χ1n) is 10.5. The molecule has 1 aromatic carbocycles. The molecule has 0 saturated heterocycles. The number of carbonyl (C=O) groups is 2. The summed E-state index contributed by atoms with van der Waals surface area (Å²) in [5.41, 5.74) is 1.31. The van der Waals surface area contributed by atoms with Crippen LogP contribution in [0.25, 0.3) is 11.0 Å². The van der Waals surface area contributed by atoms with Gasteiger partial charge in [0.2, 0.25) is 15.8 Å². The summed E-state index contributed by atoms with van der Waals surface area (Å²) in [7, 11) is -0.531. The molecule has 0 N–H and O–H groups in total. The second-order valence-electron chi connectivity index (χ2n) is 7.25. The lowest BCUT2D eigenvalue weighted by atomic mass is 10.3. The van der Waals surface area contributed by atoms with Gasteiger partial charge in [0.1, 0.15) is 18.2 Å². The fourth-order valence-corrected chi connectivity index (χ4v) is 4.91. The van der Waals surface area contributed by atoms with Gasteiger partial charge in [0, 0.05) is 26.6 Å². The lowest BCUT2D eigenvalue weighted by Crippen LogP contribution is -2.30. The molecule has 0 fully saturated rings. The average Bonchev–Trinajstić information content (AvgIpc) is 3.40. The van der Waals surface area contributed by atoms with E-state index < -0.39 is 22.0 Å². The Labute approximate surface area is 192 Å². The number of fused-ring (bicyclic) bond motifs is 1. The fraction of sp³-hybridized carbons (Fsp3) is 0.409. The lowest BCUT2D eigenvalue weighted by Gasteiger charge is -2.18. The van der Waals surface area contributed by atoms with Crippen molar-refractivity contribution >= 4 is 33.0 Å². The van der Waals surface area contributed by atoms with Crippen molar-refractivity contribution in [3.05, 3.63) is 47.7 Å². The smallest absolute Gasteiger partial charge is 0.373 e. The van der Waals surface area contributed by atoms with Crippen LogP contribution in [0.4, 0.5) is 0 Å². The molecule has 0 aliphatic rings. The molecule has 2 heterocycles. The van der Waals surface area contributed by atoms with Crippen molar-refractivity contribution in [1.82, 2.24) is 13.9 Å². The van der Waals surface area contributed by atoms with Crippen molar-refractivity contribution in [3.63, 3.8) is 0 Å². The number of carbonyl (C=O) groups excluding carboxylic acids is 2. The molecule has 0 aliphatic heterocycles. The number of aryl methyl sites for hydroxylation is 2. The highest BCUT2D eigenvalue weighted by Gasteiger charge is 2.23. The van der Waals surface area contributed by atoms with E-state index >= 15 is 0 Å². The number of hydrogen-bond acceptors (Lipinski definition) is 8. The van der Waals surface area contributed by atoms with Crippen LogP contribution in [0.15, 0.2) is 39.6 Å². The third kappa shape index (κ3) is 5.25. The molecular weight excluding hydrogens is 450 g/mol. The molecule has 2 aromatic heterocycles. The molecule has 0 unspecified atom stereocenters. The van der Waals surface area contributed by atoms with Crippen molar-refractivity contribution in [2.75, 3.05) is 20.2 Å². The summed E-state index contributed by atoms with van der Waals surface area (Å²) in [6, 6.07) is 7.83. The van der Waals surface area contributed by atoms with Crippen molar-refractivity contribution in [2.45, 2.75) is 38.2 Å². The van der Waals surface area contributed by atoms with E-state index in [0.29, 0.717) is 36.6 Å². The summed E-state index contributed by atoms with van der Waals surface area (Å²) < 4.78 is 43.8. The first-order valence-corrected chi connectivity index (χ1v) is 11.9. The fourth-order valence-electron chi connectivity index (χ4n) is 3.43. The molecule has 0 atom stereocenters. The second kappa shape index (κ2) is 10.2. The van der Waals surface area contributed by atoms with Crippen LogP contribution in [0.3, 0.4) is 0 Å². The van der Waals surface area contributed by atoms with Crippen LogP contribution in [0.1, 0.15) is 42.4 Å². The minimum absolute atomic E-state index is 0.0330. The summed E-state index contributed by atoms with van der Waals surface area (Å²) in [6.45, 7) is 4.25. The number of benzene rings is 1. The Hall–Kier alpha value is -3.18. The standard InChI is InChI=1S/C22H27N3O7S/c1-5-25(6-2)33(28,29)16-8-9-18-17(13-16)23-20(24(18)3)11-12-21(26)31-14-15-7-10-19(32-15)22(27)30-4/h7-10,13H,5-6,11-12,14H2,1-4H3. The SMILES string of the molecule is CCN(CC)S(=O)(=O)c1ccc2c(c1)nc(CCC(=O)OCc1ccc(C(=O)OC)o1)n2C. The monoisotopic (exact) mass is 477 g/mol. The molecule has 3 rings (SSSR count). The molecule has 3 aromatic rings. The molecule has 0 saturated carbocycles. The first-order chi connectivity index (χ1) is 15.7. The molecule has 0 aliphatic carbocycles. The zero-order chi connectivity index (χ0) is 24.2. The Balaban J connectivity index is 1.65. The Bertz CT molecular complexity index is 1260. The Morgan fingerprint density at radius 3 is 2.55 bits per heavy atom. The summed E-state index contributed by atoms with van der Waals surface area (Å²) in [6.07, 6.45) is 0.389. The Morgan fingerprint density at radius 1 is 1.15 bits per heavy atom. The topological polar surface area (TPSA) is 121 Å². The molecule has 0 spiro atoms. The van der Waals surface area contributed by atoms with E-state index in [1.807, 2.05) is 11.6 Å². The number of furan rings is 1. The van der Waals surface area contributed by atoms with Gasteiger partial charge in [-0.3, -0.25) is 4.79 Å². The van der Waals surface area contributed by atoms with Crippen LogP contribution < -0.4 is 0 Å². The highest BCUT2D eigenvalue weighted by molar-refractivity contribution is 7.89. The van der Waals surface area contributed by atoms with Crippen LogP contribution in [-0.2, 0) is 44.4 Å². The second-order valence-corrected chi connectivity index (χ2v) is 9.18. The number of nitrogens with zero attached hydrogens (tertiary/aromatic N) is 3. The summed E-state index contributed by atoms with van der Waals surface area (Å²) >= 11 is 0. The quantitative estimate of drug-likeness (QED) is 0.409. The molecule has 11 heteroatoms. The van der Waals surface area contributed by atoms with Gasteiger partial charge in [0.05, 0.1) is 29.5 Å². The number of rotatable bonds is 10. The van der Waals surface area contributed by atoms with E-state index in [0.717, 1.165) is 5.52 Å². The van der Waals surface area contributed by atoms with E-state index in [4.69, 9.17) is 9.15 Å². The van der Waals surface area contributed by atoms with E-state index in [-0.39, 0.29) is 23.7 Å². The van der Waals surface area contributed by atoms with Gasteiger partial charge in [-0.1, -0.05) is 13.8 Å². The van der Waals surface area contributed by atoms with Crippen LogP contribution >= 0.6 is 0 Å². The minimum atomic E-state index is -3.59. The van der Waals surface area contributed by atoms with Crippen LogP contribution in [0.2, 0.25) is 0 Å². The van der Waals surface area contributed by atoms with E-state index in [9.17, 15) is 18.0 Å². The van der Waals surface area contributed by atoms with E-state index in [1.165, 1.54) is 23.5 Å². The minimum Gasteiger partial charge on any atom is -0.463 e. The highest BCUT2D eigenvalue weighted by atomic mass is 32.2. The molecular formula is C22H27N3O7S. The predicted molar refractivity (Wildman–Crippen MR) is 119 cm³/mol. The van der Waals surface area contributed by atoms with E-state index in [1.54, 1.807) is 32.0 Å². The zero-order valence-electron chi connectivity index (χ0n) is 19.0. The molecule has 0 radical (unpaired) electrons. The summed E-state index contributed by atoms with van der Waals surface area (Å²) in [4.78, 5) is 28.3. The van der Waals surface area contributed by atoms with Gasteiger partial charge >= 0.3 is 11.9 Å². The Kier molecular flexibility index (Phi) is 7.54. The maximum atomic E-state index is 12.8. The van der Waals surface area contributed by atoms with Gasteiger partial charge in [-0.05, 0) is 30.3 Å². The normalized spacial score (nSPS) is 11.8. The van der Waals surface area contributed by atoms with Crippen LogP contribution in [-0.4, -0.2) is 54.4 Å². The maximum Gasteiger partial charge on any atom is 0.373 e. The van der Waals surface area contributed by atoms with Gasteiger partial charge in [-0.15, -0.1) is 0 Å². The molecule has 0 bridgehead atoms. The van der Waals surface area contributed by atoms with Crippen molar-refractivity contribution in [3.8, 4) is 0 Å². The highest BCUT2D eigenvalue weighted by Crippen LogP contribution is 2.23. The van der Waals surface area contributed by atoms with Crippen LogP contribution in [0.5, 0.6) is 0 Å². The van der Waals surface area contributed by atoms with Gasteiger partial charge < -0.3 is 18.5 Å². The molecule has 33 heavy (non-hydrogen) atoms. The summed E-state index contributed by atoms with van der Waals surface area (Å²) in [5.74, 6) is -0.0743. The van der Waals surface area contributed by atoms with Crippen molar-refractivity contribution < 1.29 is 31.9 Å². The first kappa shape index (κ1) is 24.5. The third-order valence-electron chi connectivity index (χ3n) is 5.26. The number of hydrogen-bond donors (Lipinski definition) is 0. The lowest BCUT2D eigenvalue weighted by molar-refractivity contribution is -0.145.